The van der Waals surface area contributed by atoms with Crippen LogP contribution in [0, 0.1) is 18.7 Å². The zero-order valence-corrected chi connectivity index (χ0v) is 18.4. The highest BCUT2D eigenvalue weighted by Crippen LogP contribution is 2.46. The van der Waals surface area contributed by atoms with E-state index in [-0.39, 0.29) is 35.3 Å². The van der Waals surface area contributed by atoms with Crippen molar-refractivity contribution >= 4 is 22.2 Å². The van der Waals surface area contributed by atoms with Gasteiger partial charge in [0.15, 0.2) is 11.6 Å². The Morgan fingerprint density at radius 2 is 1.97 bits per heavy atom. The molecule has 0 aliphatic heterocycles. The van der Waals surface area contributed by atoms with Gasteiger partial charge in [-0.15, -0.1) is 11.3 Å². The minimum atomic E-state index is -4.49. The van der Waals surface area contributed by atoms with Crippen LogP contribution in [0.3, 0.4) is 0 Å². The molecular formula is C22H21F4N3O3S. The van der Waals surface area contributed by atoms with Crippen LogP contribution in [0.25, 0.3) is 21.3 Å². The van der Waals surface area contributed by atoms with E-state index < -0.39 is 41.0 Å². The molecule has 2 unspecified atom stereocenters. The van der Waals surface area contributed by atoms with Gasteiger partial charge in [0.1, 0.15) is 11.4 Å². The van der Waals surface area contributed by atoms with E-state index in [0.717, 1.165) is 17.7 Å². The number of nitrogens with one attached hydrogen (secondary N) is 1. The molecule has 2 aliphatic rings. The molecule has 176 valence electrons. The van der Waals surface area contributed by atoms with Gasteiger partial charge in [-0.25, -0.2) is 9.18 Å². The predicted molar refractivity (Wildman–Crippen MR) is 116 cm³/mol. The van der Waals surface area contributed by atoms with E-state index in [0.29, 0.717) is 22.4 Å². The van der Waals surface area contributed by atoms with Gasteiger partial charge in [0, 0.05) is 21.4 Å². The van der Waals surface area contributed by atoms with Crippen molar-refractivity contribution in [3.8, 4) is 16.2 Å². The molecule has 2 aliphatic carbocycles. The molecule has 2 heterocycles. The first kappa shape index (κ1) is 22.1. The van der Waals surface area contributed by atoms with E-state index >= 15 is 4.39 Å². The normalized spacial score (nSPS) is 19.6. The Balaban J connectivity index is 1.67. The van der Waals surface area contributed by atoms with Crippen molar-refractivity contribution in [2.45, 2.75) is 57.3 Å². The number of benzene rings is 1. The third-order valence-electron chi connectivity index (χ3n) is 6.70. The molecule has 0 amide bonds. The summed E-state index contributed by atoms with van der Waals surface area (Å²) < 4.78 is 56.1. The summed E-state index contributed by atoms with van der Waals surface area (Å²) >= 11 is 1.25. The smallest absolute Gasteiger partial charge is 0.403 e. The molecular weight excluding hydrogens is 462 g/mol. The molecule has 2 atom stereocenters. The summed E-state index contributed by atoms with van der Waals surface area (Å²) in [6.45, 7) is 1.58. The maximum atomic E-state index is 15.4. The zero-order valence-electron chi connectivity index (χ0n) is 17.6. The summed E-state index contributed by atoms with van der Waals surface area (Å²) in [5.41, 5.74) is 5.18. The fraction of sp³-hybridized carbons (Fsp3) is 0.455. The van der Waals surface area contributed by atoms with Gasteiger partial charge in [0.05, 0.1) is 5.52 Å². The second-order valence-corrected chi connectivity index (χ2v) is 10.0. The minimum absolute atomic E-state index is 0.0514. The summed E-state index contributed by atoms with van der Waals surface area (Å²) in [7, 11) is 0. The van der Waals surface area contributed by atoms with Crippen LogP contribution in [0.2, 0.25) is 0 Å². The Labute approximate surface area is 188 Å². The van der Waals surface area contributed by atoms with Crippen LogP contribution in [0.5, 0.6) is 5.75 Å². The summed E-state index contributed by atoms with van der Waals surface area (Å²) in [5.74, 6) is -2.60. The monoisotopic (exact) mass is 483 g/mol. The van der Waals surface area contributed by atoms with Gasteiger partial charge in [-0.3, -0.25) is 14.3 Å². The highest BCUT2D eigenvalue weighted by atomic mass is 32.1. The van der Waals surface area contributed by atoms with Gasteiger partial charge in [-0.2, -0.15) is 13.2 Å². The van der Waals surface area contributed by atoms with Crippen LogP contribution in [-0.4, -0.2) is 26.9 Å². The van der Waals surface area contributed by atoms with Crippen LogP contribution in [0.4, 0.5) is 17.6 Å². The molecule has 1 fully saturated rings. The van der Waals surface area contributed by atoms with Crippen LogP contribution >= 0.6 is 11.3 Å². The fourth-order valence-electron chi connectivity index (χ4n) is 4.87. The van der Waals surface area contributed by atoms with Crippen LogP contribution in [0.15, 0.2) is 15.7 Å². The van der Waals surface area contributed by atoms with Crippen molar-refractivity contribution in [1.29, 1.82) is 0 Å². The van der Waals surface area contributed by atoms with E-state index in [1.165, 1.54) is 15.9 Å². The number of hydrogen-bond acceptors (Lipinski definition) is 5. The average Bonchev–Trinajstić information content (AvgIpc) is 3.48. The maximum absolute atomic E-state index is 15.4. The number of H-pyrrole nitrogens is 1. The van der Waals surface area contributed by atoms with Gasteiger partial charge in [-0.05, 0) is 62.1 Å². The van der Waals surface area contributed by atoms with E-state index in [1.807, 2.05) is 0 Å². The number of aromatic amines is 1. The van der Waals surface area contributed by atoms with Crippen molar-refractivity contribution < 1.29 is 22.7 Å². The lowest BCUT2D eigenvalue weighted by Crippen LogP contribution is -2.45. The SMILES string of the molecule is Cc1c(-c2cc3c(s2)CCC(C(N)C(F)(F)F)C3)c(F)c(O)c2c(=O)[nH]c(=O)n(C3CC3)c12. The van der Waals surface area contributed by atoms with Crippen molar-refractivity contribution in [1.82, 2.24) is 9.55 Å². The number of rotatable bonds is 3. The second kappa shape index (κ2) is 7.42. The number of fused-ring (bicyclic) bond motifs is 2. The highest BCUT2D eigenvalue weighted by Gasteiger charge is 2.43. The molecule has 33 heavy (non-hydrogen) atoms. The Bertz CT molecular complexity index is 1400. The molecule has 1 saturated carbocycles. The van der Waals surface area contributed by atoms with Gasteiger partial charge >= 0.3 is 11.9 Å². The van der Waals surface area contributed by atoms with E-state index in [9.17, 15) is 27.9 Å². The van der Waals surface area contributed by atoms with Crippen molar-refractivity contribution in [2.75, 3.05) is 0 Å². The van der Waals surface area contributed by atoms with Crippen molar-refractivity contribution in [3.05, 3.63) is 48.7 Å². The third kappa shape index (κ3) is 3.48. The lowest BCUT2D eigenvalue weighted by atomic mass is 9.83. The molecule has 6 nitrogen and oxygen atoms in total. The number of aryl methyl sites for hydroxylation is 2. The van der Waals surface area contributed by atoms with Crippen molar-refractivity contribution in [2.24, 2.45) is 11.7 Å². The van der Waals surface area contributed by atoms with Gasteiger partial charge in [0.2, 0.25) is 0 Å². The second-order valence-electron chi connectivity index (χ2n) is 8.88. The average molecular weight is 483 g/mol. The Kier molecular flexibility index (Phi) is 4.98. The minimum Gasteiger partial charge on any atom is -0.504 e. The lowest BCUT2D eigenvalue weighted by Gasteiger charge is -2.28. The summed E-state index contributed by atoms with van der Waals surface area (Å²) in [5, 5.41) is 10.3. The number of phenols is 1. The highest BCUT2D eigenvalue weighted by molar-refractivity contribution is 7.15. The number of aromatic nitrogens is 2. The van der Waals surface area contributed by atoms with E-state index in [2.05, 4.69) is 4.98 Å². The Hall–Kier alpha value is -2.66. The first-order valence-electron chi connectivity index (χ1n) is 10.6. The number of nitrogens with two attached hydrogens (primary N) is 1. The van der Waals surface area contributed by atoms with Crippen LogP contribution < -0.4 is 17.0 Å². The number of phenolic OH excluding ortho intramolecular Hbond substituents is 1. The number of aromatic hydroxyl groups is 1. The molecule has 0 saturated heterocycles. The molecule has 1 aromatic carbocycles. The summed E-state index contributed by atoms with van der Waals surface area (Å²) in [6.07, 6.45) is -2.26. The van der Waals surface area contributed by atoms with Gasteiger partial charge in [-0.1, -0.05) is 0 Å². The fourth-order valence-corrected chi connectivity index (χ4v) is 6.18. The number of nitrogens with zero attached hydrogens (tertiary/aromatic N) is 1. The first-order valence-corrected chi connectivity index (χ1v) is 11.4. The topological polar surface area (TPSA) is 101 Å². The maximum Gasteiger partial charge on any atom is 0.403 e. The molecule has 2 aromatic heterocycles. The number of hydrogen-bond donors (Lipinski definition) is 3. The molecule has 0 spiro atoms. The molecule has 4 N–H and O–H groups in total. The van der Waals surface area contributed by atoms with Crippen LogP contribution in [-0.2, 0) is 12.8 Å². The molecule has 11 heteroatoms. The zero-order chi connectivity index (χ0) is 23.8. The lowest BCUT2D eigenvalue weighted by molar-refractivity contribution is -0.159. The first-order chi connectivity index (χ1) is 15.5. The summed E-state index contributed by atoms with van der Waals surface area (Å²) in [6, 6.07) is -0.440. The Morgan fingerprint density at radius 1 is 1.27 bits per heavy atom. The standard InChI is InChI=1S/C22H21F4N3O3S/c1-8-14(13-7-10-6-9(2-5-12(10)33-13)19(27)22(24,25)26)16(23)18(30)15-17(8)29(11-3-4-11)21(32)28-20(15)31/h7,9,11,19,30H,2-6,27H2,1H3,(H,28,31,32). The van der Waals surface area contributed by atoms with Gasteiger partial charge in [0.25, 0.3) is 5.56 Å². The summed E-state index contributed by atoms with van der Waals surface area (Å²) in [4.78, 5) is 28.3. The molecule has 5 rings (SSSR count). The Morgan fingerprint density at radius 3 is 2.61 bits per heavy atom. The predicted octanol–water partition coefficient (Wildman–Crippen LogP) is 3.90. The van der Waals surface area contributed by atoms with E-state index in [4.69, 9.17) is 5.73 Å². The van der Waals surface area contributed by atoms with E-state index in [1.54, 1.807) is 13.0 Å². The third-order valence-corrected chi connectivity index (χ3v) is 7.96. The van der Waals surface area contributed by atoms with Crippen molar-refractivity contribution in [3.63, 3.8) is 0 Å². The quantitative estimate of drug-likeness (QED) is 0.492. The van der Waals surface area contributed by atoms with Gasteiger partial charge < -0.3 is 10.8 Å². The van der Waals surface area contributed by atoms with Crippen LogP contribution in [0.1, 0.15) is 41.3 Å². The molecule has 0 bridgehead atoms. The molecule has 0 radical (unpaired) electrons. The number of thiophene rings is 1. The number of alkyl halides is 3. The number of halogens is 4. The largest absolute Gasteiger partial charge is 0.504 e. The molecule has 3 aromatic rings.